The lowest BCUT2D eigenvalue weighted by Crippen LogP contribution is -2.82. The van der Waals surface area contributed by atoms with Crippen LogP contribution in [0.3, 0.4) is 0 Å². The Morgan fingerprint density at radius 2 is 1.67 bits per heavy atom. The van der Waals surface area contributed by atoms with Crippen LogP contribution in [-0.2, 0) is 52.3 Å². The fraction of sp³-hybridized carbons (Fsp3) is 0.600. The molecule has 1 aliphatic heterocycles. The first-order chi connectivity index (χ1) is 29.4. The van der Waals surface area contributed by atoms with Gasteiger partial charge in [-0.3, -0.25) is 14.4 Å². The molecule has 63 heavy (non-hydrogen) atoms. The number of fused-ring (bicyclic) bond motifs is 5. The average molecular weight is 900 g/mol. The first-order valence-corrected chi connectivity index (χ1v) is 22.1. The van der Waals surface area contributed by atoms with Crippen LogP contribution in [0.1, 0.15) is 97.3 Å². The van der Waals surface area contributed by atoms with Crippen LogP contribution in [0.25, 0.3) is 0 Å². The van der Waals surface area contributed by atoms with Crippen molar-refractivity contribution in [3.8, 4) is 0 Å². The Hall–Kier alpha value is -4.75. The maximum Gasteiger partial charge on any atom is 0.408 e. The molecule has 17 nitrogen and oxygen atoms in total. The van der Waals surface area contributed by atoms with E-state index in [-0.39, 0.29) is 41.4 Å². The van der Waals surface area contributed by atoms with E-state index in [2.05, 4.69) is 5.32 Å². The van der Waals surface area contributed by atoms with E-state index in [4.69, 9.17) is 37.6 Å². The minimum absolute atomic E-state index is 0.0229. The molecule has 0 radical (unpaired) electrons. The van der Waals surface area contributed by atoms with Crippen molar-refractivity contribution >= 4 is 47.5 Å². The molecule has 6 rings (SSSR count). The Morgan fingerprint density at radius 1 is 0.984 bits per heavy atom. The number of ether oxygens (including phenoxy) is 7. The minimum Gasteiger partial charge on any atom is -0.467 e. The first kappa shape index (κ1) is 47.7. The highest BCUT2D eigenvalue weighted by atomic mass is 32.2. The zero-order valence-electron chi connectivity index (χ0n) is 37.1. The molecular formula is C45H57NO16S. The zero-order valence-corrected chi connectivity index (χ0v) is 37.9. The highest BCUT2D eigenvalue weighted by molar-refractivity contribution is 7.98. The lowest BCUT2D eigenvalue weighted by Gasteiger charge is -2.67. The molecule has 2 heterocycles. The third-order valence-electron chi connectivity index (χ3n) is 12.9. The molecule has 1 aromatic carbocycles. The van der Waals surface area contributed by atoms with E-state index in [0.29, 0.717) is 0 Å². The predicted octanol–water partition coefficient (Wildman–Crippen LogP) is 4.77. The summed E-state index contributed by atoms with van der Waals surface area (Å²) in [6.45, 7) is 13.2. The molecular weight excluding hydrogens is 843 g/mol. The number of hydrogen-bond acceptors (Lipinski definition) is 17. The lowest BCUT2D eigenvalue weighted by atomic mass is 9.44. The van der Waals surface area contributed by atoms with Crippen LogP contribution in [-0.4, -0.2) is 118 Å². The van der Waals surface area contributed by atoms with Crippen LogP contribution in [0, 0.1) is 16.7 Å². The number of Topliss-reactive ketones (excluding diaryl/α,β-unsaturated/α-hetero) is 1. The summed E-state index contributed by atoms with van der Waals surface area (Å²) < 4.78 is 48.0. The van der Waals surface area contributed by atoms with Crippen molar-refractivity contribution in [2.45, 2.75) is 135 Å². The quantitative estimate of drug-likeness (QED) is 0.113. The number of thioether (sulfide) groups is 1. The standard InChI is InChI=1S/C45H57NO16S/c1-23-28(59-39(52)33(49)32(27-17-14-18-55-27)46-40(53)62-41(4,5)6)20-45(54)37(60-38(51)26-15-12-11-13-16-26)35-43(9,36(50)34(58-24(2)47)31(23)42(45,7)8)29(57-22-63-10)19-30-44(35,21-56-30)61-25(3)48/h11-18,28-30,32-35,37,49,54H,19-22H2,1-10H3,(H,46,53)/t28-,29-,30+,32-,33+,34+,35?,37?,43+,44-,45+/m0/s1. The third kappa shape index (κ3) is 8.64. The Labute approximate surface area is 369 Å². The van der Waals surface area contributed by atoms with Gasteiger partial charge in [-0.1, -0.05) is 32.0 Å². The van der Waals surface area contributed by atoms with Crippen LogP contribution in [0.2, 0.25) is 0 Å². The number of amides is 1. The molecule has 18 heteroatoms. The summed E-state index contributed by atoms with van der Waals surface area (Å²) >= 11 is 1.33. The SMILES string of the molecule is CSCO[C@H]1C[C@H]2OC[C@@]2(OC(C)=O)C2C(OC(=O)c3ccccc3)[C@]3(O)C[C@H](OC(=O)[C@H](O)[C@@H](NC(=O)OC(C)(C)C)c4ccco4)C(C)=C([C@@H](OC(C)=O)C(=O)[C@@]21C)C3(C)C. The molecule has 11 atom stereocenters. The van der Waals surface area contributed by atoms with E-state index < -0.39 is 118 Å². The number of rotatable bonds is 12. The number of benzene rings is 1. The number of carbonyl (C=O) groups excluding carboxylic acids is 6. The van der Waals surface area contributed by atoms with Crippen LogP contribution < -0.4 is 5.32 Å². The number of nitrogens with one attached hydrogen (secondary N) is 1. The summed E-state index contributed by atoms with van der Waals surface area (Å²) in [6, 6.07) is 9.32. The van der Waals surface area contributed by atoms with Gasteiger partial charge in [0, 0.05) is 32.1 Å². The first-order valence-electron chi connectivity index (χ1n) is 20.7. The van der Waals surface area contributed by atoms with Crippen molar-refractivity contribution in [1.82, 2.24) is 5.32 Å². The smallest absolute Gasteiger partial charge is 0.408 e. The van der Waals surface area contributed by atoms with Crippen molar-refractivity contribution in [3.63, 3.8) is 0 Å². The van der Waals surface area contributed by atoms with Crippen molar-refractivity contribution < 1.29 is 76.6 Å². The molecule has 344 valence electrons. The highest BCUT2D eigenvalue weighted by Crippen LogP contribution is 2.65. The summed E-state index contributed by atoms with van der Waals surface area (Å²) in [5.41, 5.74) is -8.19. The summed E-state index contributed by atoms with van der Waals surface area (Å²) in [6.07, 6.45) is -7.51. The third-order valence-corrected chi connectivity index (χ3v) is 13.2. The van der Waals surface area contributed by atoms with Gasteiger partial charge in [0.15, 0.2) is 23.6 Å². The Morgan fingerprint density at radius 3 is 2.22 bits per heavy atom. The van der Waals surface area contributed by atoms with E-state index in [0.717, 1.165) is 6.92 Å². The van der Waals surface area contributed by atoms with E-state index in [1.54, 1.807) is 72.9 Å². The van der Waals surface area contributed by atoms with E-state index in [1.165, 1.54) is 49.2 Å². The molecule has 2 bridgehead atoms. The fourth-order valence-corrected chi connectivity index (χ4v) is 10.2. The van der Waals surface area contributed by atoms with Gasteiger partial charge in [0.1, 0.15) is 41.3 Å². The number of aliphatic hydroxyl groups is 2. The van der Waals surface area contributed by atoms with Gasteiger partial charge in [-0.15, -0.1) is 11.8 Å². The van der Waals surface area contributed by atoms with Crippen molar-refractivity contribution in [2.24, 2.45) is 16.7 Å². The molecule has 1 amide bonds. The highest BCUT2D eigenvalue weighted by Gasteiger charge is 2.78. The number of aliphatic hydroxyl groups excluding tert-OH is 1. The molecule has 3 fully saturated rings. The Kier molecular flexibility index (Phi) is 13.4. The second-order valence-corrected chi connectivity index (χ2v) is 19.1. The Bertz CT molecular complexity index is 2110. The van der Waals surface area contributed by atoms with Crippen molar-refractivity contribution in [2.75, 3.05) is 18.8 Å². The monoisotopic (exact) mass is 899 g/mol. The second-order valence-electron chi connectivity index (χ2n) is 18.3. The van der Waals surface area contributed by atoms with Gasteiger partial charge in [0.2, 0.25) is 0 Å². The number of carbonyl (C=O) groups is 6. The summed E-state index contributed by atoms with van der Waals surface area (Å²) in [5, 5.41) is 27.9. The van der Waals surface area contributed by atoms with Gasteiger partial charge in [-0.2, -0.15) is 0 Å². The van der Waals surface area contributed by atoms with Crippen LogP contribution in [0.4, 0.5) is 4.79 Å². The van der Waals surface area contributed by atoms with E-state index in [1.807, 2.05) is 0 Å². The van der Waals surface area contributed by atoms with Gasteiger partial charge in [-0.25, -0.2) is 14.4 Å². The van der Waals surface area contributed by atoms with E-state index in [9.17, 15) is 34.2 Å². The molecule has 2 saturated carbocycles. The lowest BCUT2D eigenvalue weighted by molar-refractivity contribution is -0.347. The Balaban J connectivity index is 1.56. The van der Waals surface area contributed by atoms with Gasteiger partial charge in [-0.05, 0) is 76.3 Å². The maximum atomic E-state index is 15.9. The number of alkyl carbamates (subject to hydrolysis) is 1. The molecule has 1 aromatic heterocycles. The largest absolute Gasteiger partial charge is 0.467 e. The van der Waals surface area contributed by atoms with Crippen LogP contribution in [0.5, 0.6) is 0 Å². The van der Waals surface area contributed by atoms with Crippen LogP contribution >= 0.6 is 11.8 Å². The molecule has 2 aromatic rings. The normalized spacial score (nSPS) is 31.9. The van der Waals surface area contributed by atoms with Crippen LogP contribution in [0.15, 0.2) is 64.3 Å². The summed E-state index contributed by atoms with van der Waals surface area (Å²) in [4.78, 5) is 83.7. The van der Waals surface area contributed by atoms with Gasteiger partial charge in [0.05, 0.1) is 41.8 Å². The summed E-state index contributed by atoms with van der Waals surface area (Å²) in [7, 11) is 0. The van der Waals surface area contributed by atoms with Gasteiger partial charge >= 0.3 is 30.0 Å². The number of ketones is 1. The molecule has 3 aliphatic carbocycles. The van der Waals surface area contributed by atoms with E-state index >= 15 is 4.79 Å². The molecule has 4 aliphatic rings. The van der Waals surface area contributed by atoms with Crippen molar-refractivity contribution in [1.29, 1.82) is 0 Å². The number of hydrogen-bond donors (Lipinski definition) is 3. The number of furan rings is 1. The molecule has 3 N–H and O–H groups in total. The average Bonchev–Trinajstić information content (AvgIpc) is 3.73. The topological polar surface area (TPSA) is 233 Å². The van der Waals surface area contributed by atoms with Gasteiger partial charge in [0.25, 0.3) is 0 Å². The molecule has 0 spiro atoms. The maximum absolute atomic E-state index is 15.9. The predicted molar refractivity (Wildman–Crippen MR) is 223 cm³/mol. The minimum atomic E-state index is -2.36. The summed E-state index contributed by atoms with van der Waals surface area (Å²) in [5.74, 6) is -5.88. The molecule has 1 saturated heterocycles. The molecule has 2 unspecified atom stereocenters. The van der Waals surface area contributed by atoms with Gasteiger partial charge < -0.3 is 53.1 Å². The van der Waals surface area contributed by atoms with Crippen molar-refractivity contribution in [3.05, 3.63) is 71.2 Å². The fourth-order valence-electron chi connectivity index (χ4n) is 9.94. The number of esters is 4. The zero-order chi connectivity index (χ0) is 46.4. The second kappa shape index (κ2) is 17.7.